The number of rotatable bonds is 5. The van der Waals surface area contributed by atoms with Gasteiger partial charge in [0.05, 0.1) is 0 Å². The number of benzene rings is 3. The number of amides is 1. The molecule has 0 aromatic heterocycles. The highest BCUT2D eigenvalue weighted by Crippen LogP contribution is 2.39. The van der Waals surface area contributed by atoms with Gasteiger partial charge in [0.15, 0.2) is 0 Å². The number of hydrogen-bond donors (Lipinski definition) is 2. The lowest BCUT2D eigenvalue weighted by molar-refractivity contribution is -0.117. The molecule has 4 rings (SSSR count). The molecule has 4 nitrogen and oxygen atoms in total. The molecule has 1 aliphatic heterocycles. The number of nitrogens with zero attached hydrogens (tertiary/aromatic N) is 1. The fourth-order valence-corrected chi connectivity index (χ4v) is 5.08. The Labute approximate surface area is 187 Å². The number of aryl methyl sites for hydroxylation is 2. The molecule has 1 atom stereocenters. The van der Waals surface area contributed by atoms with Crippen LogP contribution in [0.1, 0.15) is 34.6 Å². The molecule has 0 spiro atoms. The fraction of sp³-hybridized carbons (Fsp3) is 0.192. The fourth-order valence-electron chi connectivity index (χ4n) is 4.02. The van der Waals surface area contributed by atoms with Gasteiger partial charge in [0, 0.05) is 45.7 Å². The van der Waals surface area contributed by atoms with Crippen molar-refractivity contribution in [2.45, 2.75) is 36.0 Å². The Balaban J connectivity index is 1.59. The van der Waals surface area contributed by atoms with Crippen molar-refractivity contribution in [3.63, 3.8) is 0 Å². The van der Waals surface area contributed by atoms with Gasteiger partial charge in [-0.3, -0.25) is 4.79 Å². The molecule has 4 N–H and O–H groups in total. The third-order valence-electron chi connectivity index (χ3n) is 5.78. The van der Waals surface area contributed by atoms with Crippen LogP contribution < -0.4 is 16.4 Å². The van der Waals surface area contributed by atoms with Crippen molar-refractivity contribution >= 4 is 34.7 Å². The molecular weight excluding hydrogens is 402 g/mol. The summed E-state index contributed by atoms with van der Waals surface area (Å²) in [6.45, 7) is 8.67. The second-order valence-corrected chi connectivity index (χ2v) is 9.15. The summed E-state index contributed by atoms with van der Waals surface area (Å²) in [6, 6.07) is 20.1. The van der Waals surface area contributed by atoms with E-state index in [1.54, 1.807) is 11.8 Å². The van der Waals surface area contributed by atoms with Gasteiger partial charge in [0.25, 0.3) is 0 Å². The summed E-state index contributed by atoms with van der Waals surface area (Å²) < 4.78 is 0. The molecule has 1 saturated heterocycles. The van der Waals surface area contributed by atoms with Gasteiger partial charge in [-0.25, -0.2) is 0 Å². The Bertz CT molecular complexity index is 1150. The summed E-state index contributed by atoms with van der Waals surface area (Å²) in [4.78, 5) is 16.9. The highest BCUT2D eigenvalue weighted by atomic mass is 32.2. The van der Waals surface area contributed by atoms with E-state index in [-0.39, 0.29) is 11.8 Å². The number of anilines is 2. The first kappa shape index (κ1) is 21.1. The van der Waals surface area contributed by atoms with E-state index in [4.69, 9.17) is 11.5 Å². The van der Waals surface area contributed by atoms with Gasteiger partial charge in [-0.1, -0.05) is 54.7 Å². The number of carbonyl (C=O) groups excluding carboxylic acids is 1. The number of nitrogens with two attached hydrogens (primary N) is 2. The second kappa shape index (κ2) is 8.52. The summed E-state index contributed by atoms with van der Waals surface area (Å²) >= 11 is 1.70. The zero-order valence-corrected chi connectivity index (χ0v) is 18.7. The van der Waals surface area contributed by atoms with Gasteiger partial charge in [0.2, 0.25) is 5.91 Å². The second-order valence-electron chi connectivity index (χ2n) is 8.10. The molecule has 0 saturated carbocycles. The van der Waals surface area contributed by atoms with Crippen LogP contribution in [0.3, 0.4) is 0 Å². The van der Waals surface area contributed by atoms with Crippen LogP contribution in [0.15, 0.2) is 77.0 Å². The maximum atomic E-state index is 12.8. The van der Waals surface area contributed by atoms with Crippen LogP contribution in [0.4, 0.5) is 11.4 Å². The molecule has 158 valence electrons. The van der Waals surface area contributed by atoms with E-state index in [0.717, 1.165) is 27.4 Å². The lowest BCUT2D eigenvalue weighted by atomic mass is 9.98. The molecule has 0 unspecified atom stereocenters. The molecule has 0 radical (unpaired) electrons. The molecule has 0 aliphatic carbocycles. The molecule has 3 aromatic carbocycles. The predicted molar refractivity (Wildman–Crippen MR) is 130 cm³/mol. The molecule has 1 heterocycles. The zero-order chi connectivity index (χ0) is 22.1. The quantitative estimate of drug-likeness (QED) is 0.526. The van der Waals surface area contributed by atoms with Gasteiger partial charge >= 0.3 is 0 Å². The van der Waals surface area contributed by atoms with E-state index in [1.807, 2.05) is 41.3 Å². The minimum Gasteiger partial charge on any atom is -0.399 e. The van der Waals surface area contributed by atoms with E-state index in [9.17, 15) is 4.79 Å². The maximum Gasteiger partial charge on any atom is 0.227 e. The Morgan fingerprint density at radius 1 is 1.06 bits per heavy atom. The molecule has 1 fully saturated rings. The SMILES string of the molecule is C=C(N)c1cccc(N2C[C@@H](c3ccc(N)c(Sc4c(C)cccc4C)c3)CC2=O)c1. The first-order valence-electron chi connectivity index (χ1n) is 10.3. The molecule has 1 aliphatic rings. The molecule has 3 aromatic rings. The topological polar surface area (TPSA) is 72.3 Å². The smallest absolute Gasteiger partial charge is 0.227 e. The summed E-state index contributed by atoms with van der Waals surface area (Å²) in [7, 11) is 0. The van der Waals surface area contributed by atoms with E-state index >= 15 is 0 Å². The van der Waals surface area contributed by atoms with Gasteiger partial charge in [-0.2, -0.15) is 0 Å². The third kappa shape index (κ3) is 4.32. The highest BCUT2D eigenvalue weighted by Gasteiger charge is 2.32. The number of nitrogen functional groups attached to an aromatic ring is 1. The van der Waals surface area contributed by atoms with Gasteiger partial charge in [-0.15, -0.1) is 0 Å². The maximum absolute atomic E-state index is 12.8. The van der Waals surface area contributed by atoms with E-state index in [1.165, 1.54) is 16.0 Å². The van der Waals surface area contributed by atoms with Crippen LogP contribution in [-0.4, -0.2) is 12.5 Å². The van der Waals surface area contributed by atoms with Gasteiger partial charge < -0.3 is 16.4 Å². The Hall–Kier alpha value is -3.18. The summed E-state index contributed by atoms with van der Waals surface area (Å²) in [6.07, 6.45) is 0.477. The summed E-state index contributed by atoms with van der Waals surface area (Å²) in [5, 5.41) is 0. The minimum atomic E-state index is 0.116. The van der Waals surface area contributed by atoms with Crippen LogP contribution in [0, 0.1) is 13.8 Å². The van der Waals surface area contributed by atoms with Crippen molar-refractivity contribution in [3.8, 4) is 0 Å². The monoisotopic (exact) mass is 429 g/mol. The van der Waals surface area contributed by atoms with Crippen molar-refractivity contribution in [2.24, 2.45) is 5.73 Å². The normalized spacial score (nSPS) is 16.0. The average Bonchev–Trinajstić information content (AvgIpc) is 3.14. The van der Waals surface area contributed by atoms with Crippen LogP contribution in [-0.2, 0) is 4.79 Å². The molecule has 0 bridgehead atoms. The van der Waals surface area contributed by atoms with E-state index in [2.05, 4.69) is 44.7 Å². The van der Waals surface area contributed by atoms with Crippen molar-refractivity contribution in [1.29, 1.82) is 0 Å². The summed E-state index contributed by atoms with van der Waals surface area (Å²) in [5.41, 5.74) is 18.7. The van der Waals surface area contributed by atoms with Crippen LogP contribution in [0.25, 0.3) is 5.70 Å². The third-order valence-corrected chi connectivity index (χ3v) is 7.21. The van der Waals surface area contributed by atoms with Crippen molar-refractivity contribution < 1.29 is 4.79 Å². The van der Waals surface area contributed by atoms with Crippen LogP contribution in [0.2, 0.25) is 0 Å². The van der Waals surface area contributed by atoms with E-state index < -0.39 is 0 Å². The molecular formula is C26H27N3OS. The molecule has 5 heteroatoms. The average molecular weight is 430 g/mol. The standard InChI is InChI=1S/C26H27N3OS/c1-16-6-4-7-17(2)26(16)31-24-13-20(10-11-23(24)28)21-14-25(30)29(15-21)22-9-5-8-19(12-22)18(3)27/h4-13,21H,3,14-15,27-28H2,1-2H3/t21-/m0/s1. The Kier molecular flexibility index (Phi) is 5.79. The number of carbonyl (C=O) groups is 1. The molecule has 1 amide bonds. The summed E-state index contributed by atoms with van der Waals surface area (Å²) in [5.74, 6) is 0.237. The first-order chi connectivity index (χ1) is 14.8. The lowest BCUT2D eigenvalue weighted by Gasteiger charge is -2.18. The Morgan fingerprint density at radius 3 is 2.48 bits per heavy atom. The van der Waals surface area contributed by atoms with Gasteiger partial charge in [0.1, 0.15) is 0 Å². The minimum absolute atomic E-state index is 0.116. The van der Waals surface area contributed by atoms with Crippen LogP contribution in [0.5, 0.6) is 0 Å². The Morgan fingerprint density at radius 2 is 1.77 bits per heavy atom. The zero-order valence-electron chi connectivity index (χ0n) is 17.9. The van der Waals surface area contributed by atoms with Crippen molar-refractivity contribution in [2.75, 3.05) is 17.2 Å². The molecule has 31 heavy (non-hydrogen) atoms. The predicted octanol–water partition coefficient (Wildman–Crippen LogP) is 5.49. The lowest BCUT2D eigenvalue weighted by Crippen LogP contribution is -2.24. The van der Waals surface area contributed by atoms with Crippen molar-refractivity contribution in [3.05, 3.63) is 89.5 Å². The van der Waals surface area contributed by atoms with Crippen LogP contribution >= 0.6 is 11.8 Å². The highest BCUT2D eigenvalue weighted by molar-refractivity contribution is 7.99. The number of hydrogen-bond acceptors (Lipinski definition) is 4. The first-order valence-corrected chi connectivity index (χ1v) is 11.1. The van der Waals surface area contributed by atoms with Gasteiger partial charge in [-0.05, 0) is 60.4 Å². The largest absolute Gasteiger partial charge is 0.399 e. The van der Waals surface area contributed by atoms with Crippen molar-refractivity contribution in [1.82, 2.24) is 0 Å². The van der Waals surface area contributed by atoms with E-state index in [0.29, 0.717) is 18.7 Å².